The van der Waals surface area contributed by atoms with E-state index >= 15 is 0 Å². The summed E-state index contributed by atoms with van der Waals surface area (Å²) in [5.74, 6) is 1.60. The minimum atomic E-state index is 0.149. The monoisotopic (exact) mass is 317 g/mol. The average molecular weight is 317 g/mol. The Morgan fingerprint density at radius 1 is 1.22 bits per heavy atom. The van der Waals surface area contributed by atoms with E-state index in [1.165, 1.54) is 5.56 Å². The van der Waals surface area contributed by atoms with Gasteiger partial charge in [0.05, 0.1) is 7.11 Å². The molecule has 1 amide bonds. The third-order valence-electron chi connectivity index (χ3n) is 4.99. The lowest BCUT2D eigenvalue weighted by atomic mass is 10.1. The molecule has 3 rings (SSSR count). The van der Waals surface area contributed by atoms with E-state index in [2.05, 4.69) is 34.3 Å². The molecule has 126 valence electrons. The molecule has 0 unspecified atom stereocenters. The van der Waals surface area contributed by atoms with E-state index in [1.54, 1.807) is 7.11 Å². The van der Waals surface area contributed by atoms with Crippen LogP contribution in [0.1, 0.15) is 17.9 Å². The van der Waals surface area contributed by atoms with E-state index in [4.69, 9.17) is 4.74 Å². The minimum absolute atomic E-state index is 0.149. The van der Waals surface area contributed by atoms with Gasteiger partial charge in [-0.2, -0.15) is 0 Å². The number of hydrogen-bond donors (Lipinski definition) is 1. The highest BCUT2D eigenvalue weighted by atomic mass is 16.5. The highest BCUT2D eigenvalue weighted by Gasteiger charge is 2.43. The Morgan fingerprint density at radius 3 is 2.57 bits per heavy atom. The van der Waals surface area contributed by atoms with Gasteiger partial charge in [0.25, 0.3) is 0 Å². The molecule has 1 heterocycles. The number of benzene rings is 1. The van der Waals surface area contributed by atoms with Crippen LogP contribution in [0.15, 0.2) is 24.3 Å². The lowest BCUT2D eigenvalue weighted by molar-refractivity contribution is -0.122. The Hall–Kier alpha value is -1.59. The van der Waals surface area contributed by atoms with Crippen LogP contribution in [-0.2, 0) is 4.79 Å². The van der Waals surface area contributed by atoms with Crippen LogP contribution < -0.4 is 10.1 Å². The Bertz CT molecular complexity index is 524. The summed E-state index contributed by atoms with van der Waals surface area (Å²) in [6, 6.07) is 8.08. The van der Waals surface area contributed by atoms with Crippen LogP contribution in [0.5, 0.6) is 5.75 Å². The molecule has 0 bridgehead atoms. The van der Waals surface area contributed by atoms with Gasteiger partial charge in [0.1, 0.15) is 5.75 Å². The van der Waals surface area contributed by atoms with Crippen molar-refractivity contribution in [1.29, 1.82) is 0 Å². The number of methoxy groups -OCH3 is 1. The van der Waals surface area contributed by atoms with Gasteiger partial charge in [0, 0.05) is 45.2 Å². The molecule has 0 aromatic heterocycles. The van der Waals surface area contributed by atoms with Crippen LogP contribution in [0, 0.1) is 5.92 Å². The fraction of sp³-hybridized carbons (Fsp3) is 0.611. The second-order valence-corrected chi connectivity index (χ2v) is 6.66. The molecule has 1 aliphatic carbocycles. The maximum Gasteiger partial charge on any atom is 0.223 e. The summed E-state index contributed by atoms with van der Waals surface area (Å²) in [6.45, 7) is 6.16. The maximum atomic E-state index is 12.2. The van der Waals surface area contributed by atoms with Gasteiger partial charge in [0.2, 0.25) is 5.91 Å². The van der Waals surface area contributed by atoms with E-state index in [-0.39, 0.29) is 11.8 Å². The first kappa shape index (κ1) is 16.3. The smallest absolute Gasteiger partial charge is 0.223 e. The molecule has 1 aromatic carbocycles. The summed E-state index contributed by atoms with van der Waals surface area (Å²) >= 11 is 0. The molecule has 5 heteroatoms. The van der Waals surface area contributed by atoms with E-state index in [9.17, 15) is 4.79 Å². The Kier molecular flexibility index (Phi) is 5.18. The molecule has 5 nitrogen and oxygen atoms in total. The average Bonchev–Trinajstić information content (AvgIpc) is 3.37. The highest BCUT2D eigenvalue weighted by Crippen LogP contribution is 2.47. The van der Waals surface area contributed by atoms with Crippen molar-refractivity contribution >= 4 is 5.91 Å². The quantitative estimate of drug-likeness (QED) is 0.855. The van der Waals surface area contributed by atoms with Crippen molar-refractivity contribution < 1.29 is 9.53 Å². The molecule has 1 saturated heterocycles. The number of rotatable bonds is 6. The molecule has 1 saturated carbocycles. The normalized spacial score (nSPS) is 25.1. The number of nitrogens with zero attached hydrogens (tertiary/aromatic N) is 2. The largest absolute Gasteiger partial charge is 0.497 e. The van der Waals surface area contributed by atoms with Gasteiger partial charge in [-0.3, -0.25) is 9.69 Å². The van der Waals surface area contributed by atoms with Gasteiger partial charge in [-0.1, -0.05) is 12.1 Å². The molecule has 2 aliphatic rings. The van der Waals surface area contributed by atoms with Crippen molar-refractivity contribution in [3.63, 3.8) is 0 Å². The van der Waals surface area contributed by atoms with Crippen LogP contribution >= 0.6 is 0 Å². The number of ether oxygens (including phenoxy) is 1. The first-order chi connectivity index (χ1) is 11.2. The Labute approximate surface area is 138 Å². The number of likely N-dealkylation sites (N-methyl/N-ethyl adjacent to an activating group) is 1. The first-order valence-electron chi connectivity index (χ1n) is 8.50. The number of hydrogen-bond acceptors (Lipinski definition) is 4. The predicted octanol–water partition coefficient (Wildman–Crippen LogP) is 1.16. The lowest BCUT2D eigenvalue weighted by Gasteiger charge is -2.32. The standard InChI is InChI=1S/C18H27N3O2/c1-20-9-11-21(12-10-20)8-7-19-18(22)17-13-16(17)14-3-5-15(23-2)6-4-14/h3-6,16-17H,7-13H2,1-2H3,(H,19,22)/t16-,17-/m0/s1. The first-order valence-corrected chi connectivity index (χ1v) is 8.50. The van der Waals surface area contributed by atoms with Crippen LogP contribution in [0.3, 0.4) is 0 Å². The molecule has 23 heavy (non-hydrogen) atoms. The number of carbonyl (C=O) groups excluding carboxylic acids is 1. The third kappa shape index (κ3) is 4.24. The zero-order valence-electron chi connectivity index (χ0n) is 14.1. The van der Waals surface area contributed by atoms with Crippen LogP contribution in [-0.4, -0.2) is 69.1 Å². The number of amides is 1. The molecule has 1 aromatic rings. The summed E-state index contributed by atoms with van der Waals surface area (Å²) in [5.41, 5.74) is 1.24. The van der Waals surface area contributed by atoms with Crippen molar-refractivity contribution in [1.82, 2.24) is 15.1 Å². The molecule has 2 fully saturated rings. The maximum absolute atomic E-state index is 12.2. The number of nitrogens with one attached hydrogen (secondary N) is 1. The predicted molar refractivity (Wildman–Crippen MR) is 90.8 cm³/mol. The highest BCUT2D eigenvalue weighted by molar-refractivity contribution is 5.82. The van der Waals surface area contributed by atoms with Crippen molar-refractivity contribution in [2.24, 2.45) is 5.92 Å². The Morgan fingerprint density at radius 2 is 1.91 bits per heavy atom. The Balaban J connectivity index is 1.38. The second-order valence-electron chi connectivity index (χ2n) is 6.66. The molecule has 0 radical (unpaired) electrons. The van der Waals surface area contributed by atoms with Crippen LogP contribution in [0.2, 0.25) is 0 Å². The fourth-order valence-electron chi connectivity index (χ4n) is 3.24. The summed E-state index contributed by atoms with van der Waals surface area (Å²) in [7, 11) is 3.83. The van der Waals surface area contributed by atoms with Crippen molar-refractivity contribution in [3.8, 4) is 5.75 Å². The van der Waals surface area contributed by atoms with Gasteiger partial charge in [-0.25, -0.2) is 0 Å². The second kappa shape index (κ2) is 7.32. The number of piperazine rings is 1. The third-order valence-corrected chi connectivity index (χ3v) is 4.99. The van der Waals surface area contributed by atoms with Gasteiger partial charge >= 0.3 is 0 Å². The van der Waals surface area contributed by atoms with Crippen molar-refractivity contribution in [2.75, 3.05) is 53.4 Å². The van der Waals surface area contributed by atoms with E-state index < -0.39 is 0 Å². The SMILES string of the molecule is COc1ccc([C@@H]2C[C@@H]2C(=O)NCCN2CCN(C)CC2)cc1. The molecule has 1 N–H and O–H groups in total. The lowest BCUT2D eigenvalue weighted by Crippen LogP contribution is -2.47. The van der Waals surface area contributed by atoms with Gasteiger partial charge < -0.3 is 15.0 Å². The molecular weight excluding hydrogens is 290 g/mol. The minimum Gasteiger partial charge on any atom is -0.497 e. The van der Waals surface area contributed by atoms with Gasteiger partial charge in [-0.15, -0.1) is 0 Å². The van der Waals surface area contributed by atoms with Crippen molar-refractivity contribution in [3.05, 3.63) is 29.8 Å². The zero-order chi connectivity index (χ0) is 16.2. The van der Waals surface area contributed by atoms with E-state index in [1.807, 2.05) is 12.1 Å². The van der Waals surface area contributed by atoms with Gasteiger partial charge in [0.15, 0.2) is 0 Å². The zero-order valence-corrected chi connectivity index (χ0v) is 14.1. The van der Waals surface area contributed by atoms with Crippen LogP contribution in [0.25, 0.3) is 0 Å². The summed E-state index contributed by atoms with van der Waals surface area (Å²) < 4.78 is 5.17. The van der Waals surface area contributed by atoms with E-state index in [0.717, 1.165) is 51.4 Å². The van der Waals surface area contributed by atoms with Crippen molar-refractivity contribution in [2.45, 2.75) is 12.3 Å². The summed E-state index contributed by atoms with van der Waals surface area (Å²) in [4.78, 5) is 17.0. The number of carbonyl (C=O) groups is 1. The summed E-state index contributed by atoms with van der Waals surface area (Å²) in [5, 5.41) is 3.11. The van der Waals surface area contributed by atoms with Gasteiger partial charge in [-0.05, 0) is 37.1 Å². The topological polar surface area (TPSA) is 44.8 Å². The molecular formula is C18H27N3O2. The fourth-order valence-corrected chi connectivity index (χ4v) is 3.24. The molecule has 1 aliphatic heterocycles. The van der Waals surface area contributed by atoms with Crippen LogP contribution in [0.4, 0.5) is 0 Å². The molecule has 0 spiro atoms. The molecule has 2 atom stereocenters. The van der Waals surface area contributed by atoms with E-state index in [0.29, 0.717) is 5.92 Å². The summed E-state index contributed by atoms with van der Waals surface area (Å²) in [6.07, 6.45) is 0.965.